The van der Waals surface area contributed by atoms with Crippen molar-refractivity contribution in [3.05, 3.63) is 38.0 Å². The highest BCUT2D eigenvalue weighted by Gasteiger charge is 2.26. The molecule has 0 bridgehead atoms. The molecule has 0 fully saturated rings. The second-order valence-corrected chi connectivity index (χ2v) is 5.37. The van der Waals surface area contributed by atoms with Crippen molar-refractivity contribution in [2.24, 2.45) is 5.41 Å². The largest absolute Gasteiger partial charge is 0.478 e. The minimum Gasteiger partial charge on any atom is -0.478 e. The summed E-state index contributed by atoms with van der Waals surface area (Å²) >= 11 is 0. The number of carboxylic acids is 3. The number of aliphatic hydroxyl groups excluding tert-OH is 4. The zero-order valence-electron chi connectivity index (χ0n) is 18.3. The maximum Gasteiger partial charge on any atom is 0.327 e. The Bertz CT molecular complexity index is 394. The van der Waals surface area contributed by atoms with Gasteiger partial charge in [-0.05, 0) is 12.8 Å². The summed E-state index contributed by atoms with van der Waals surface area (Å²) in [6.07, 6.45) is 4.78. The fraction of sp³-hybridized carbons (Fsp3) is 0.550. The van der Waals surface area contributed by atoms with Crippen molar-refractivity contribution >= 4 is 17.9 Å². The monoisotopic (exact) mass is 454 g/mol. The molecular weight excluding hydrogens is 416 g/mol. The lowest BCUT2D eigenvalue weighted by Gasteiger charge is -2.23. The zero-order chi connectivity index (χ0) is 25.7. The second kappa shape index (κ2) is 32.1. The van der Waals surface area contributed by atoms with E-state index in [0.29, 0.717) is 0 Å². The molecule has 0 aromatic heterocycles. The van der Waals surface area contributed by atoms with E-state index in [1.807, 2.05) is 0 Å². The molecule has 0 aliphatic rings. The number of hydrogen-bond acceptors (Lipinski definition) is 8. The molecule has 0 aromatic rings. The number of rotatable bonds is 11. The van der Waals surface area contributed by atoms with Crippen LogP contribution in [0.3, 0.4) is 0 Å². The normalized spacial score (nSPS) is 8.71. The Morgan fingerprint density at radius 3 is 0.935 bits per heavy atom. The van der Waals surface area contributed by atoms with Gasteiger partial charge in [-0.25, -0.2) is 14.4 Å². The Morgan fingerprint density at radius 1 is 0.677 bits per heavy atom. The zero-order valence-corrected chi connectivity index (χ0v) is 18.3. The van der Waals surface area contributed by atoms with Gasteiger partial charge < -0.3 is 40.5 Å². The van der Waals surface area contributed by atoms with Gasteiger partial charge in [-0.3, -0.25) is 0 Å². The van der Waals surface area contributed by atoms with Crippen molar-refractivity contribution in [1.29, 1.82) is 0 Å². The van der Waals surface area contributed by atoms with E-state index in [9.17, 15) is 14.4 Å². The first kappa shape index (κ1) is 39.0. The van der Waals surface area contributed by atoms with Crippen LogP contribution in [-0.2, 0) is 19.1 Å². The third-order valence-electron chi connectivity index (χ3n) is 2.56. The van der Waals surface area contributed by atoms with Gasteiger partial charge in [0.1, 0.15) is 0 Å². The van der Waals surface area contributed by atoms with E-state index in [-0.39, 0.29) is 0 Å². The van der Waals surface area contributed by atoms with E-state index in [0.717, 1.165) is 44.3 Å². The van der Waals surface area contributed by atoms with Gasteiger partial charge in [-0.15, -0.1) is 0 Å². The quantitative estimate of drug-likeness (QED) is 0.169. The van der Waals surface area contributed by atoms with Crippen LogP contribution in [0.25, 0.3) is 0 Å². The molecule has 0 aliphatic heterocycles. The lowest BCUT2D eigenvalue weighted by atomic mass is 9.93. The third kappa shape index (κ3) is 47.0. The van der Waals surface area contributed by atoms with Gasteiger partial charge in [0.15, 0.2) is 0 Å². The molecule has 0 rings (SSSR count). The topological polar surface area (TPSA) is 202 Å². The van der Waals surface area contributed by atoms with E-state index in [4.69, 9.17) is 40.5 Å². The van der Waals surface area contributed by atoms with E-state index in [1.165, 1.54) is 0 Å². The number of carbonyl (C=O) groups is 3. The molecule has 0 heterocycles. The maximum absolute atomic E-state index is 9.25. The van der Waals surface area contributed by atoms with Gasteiger partial charge in [0, 0.05) is 31.4 Å². The van der Waals surface area contributed by atoms with E-state index in [1.54, 1.807) is 0 Å². The predicted molar refractivity (Wildman–Crippen MR) is 116 cm³/mol. The number of ether oxygens (including phenoxy) is 1. The summed E-state index contributed by atoms with van der Waals surface area (Å²) in [5, 5.41) is 56.8. The van der Waals surface area contributed by atoms with Gasteiger partial charge in [-0.1, -0.05) is 33.6 Å². The van der Waals surface area contributed by atoms with Crippen molar-refractivity contribution < 1.29 is 54.9 Å². The molecule has 7 N–H and O–H groups in total. The summed E-state index contributed by atoms with van der Waals surface area (Å²) in [5.74, 6) is -2.94. The van der Waals surface area contributed by atoms with E-state index in [2.05, 4.69) is 33.6 Å². The third-order valence-corrected chi connectivity index (χ3v) is 2.56. The van der Waals surface area contributed by atoms with Crippen molar-refractivity contribution in [1.82, 2.24) is 0 Å². The SMILES string of the molecule is C=CC(=O)O.C=CC(=O)O.C=CC(=O)O.CCCOCCC.OCC(CO)(CO)CO. The van der Waals surface area contributed by atoms with Crippen LogP contribution in [0.15, 0.2) is 38.0 Å². The molecule has 0 aliphatic carbocycles. The molecule has 0 spiro atoms. The van der Waals surface area contributed by atoms with Crippen molar-refractivity contribution in [3.8, 4) is 0 Å². The molecule has 11 nitrogen and oxygen atoms in total. The molecule has 0 saturated heterocycles. The standard InChI is InChI=1S/C6H14O.C5H12O4.3C3H4O2/c1-3-5-7-6-4-2;6-1-5(2-7,3-8)4-9;3*1-2-3(4)5/h3-6H2,1-2H3;6-9H,1-4H2;3*2H,1H2,(H,4,5). The molecular formula is C20H38O11. The molecule has 0 radical (unpaired) electrons. The summed E-state index contributed by atoms with van der Waals surface area (Å²) in [4.78, 5) is 27.8. The predicted octanol–water partition coefficient (Wildman–Crippen LogP) is 0.536. The average Bonchev–Trinajstić information content (AvgIpc) is 2.77. The van der Waals surface area contributed by atoms with Gasteiger partial charge in [0.2, 0.25) is 0 Å². The summed E-state index contributed by atoms with van der Waals surface area (Å²) in [6.45, 7) is 13.3. The first-order valence-electron chi connectivity index (χ1n) is 9.04. The molecule has 0 aromatic carbocycles. The van der Waals surface area contributed by atoms with Crippen LogP contribution in [0.1, 0.15) is 26.7 Å². The van der Waals surface area contributed by atoms with Gasteiger partial charge in [0.05, 0.1) is 31.8 Å². The van der Waals surface area contributed by atoms with Crippen molar-refractivity contribution in [2.45, 2.75) is 26.7 Å². The second-order valence-electron chi connectivity index (χ2n) is 5.37. The number of hydrogen-bond donors (Lipinski definition) is 7. The highest BCUT2D eigenvalue weighted by molar-refractivity contribution is 5.79. The van der Waals surface area contributed by atoms with Crippen molar-refractivity contribution in [2.75, 3.05) is 39.6 Å². The smallest absolute Gasteiger partial charge is 0.327 e. The molecule has 0 saturated carbocycles. The lowest BCUT2D eigenvalue weighted by molar-refractivity contribution is -0.132. The number of carboxylic acid groups (broad SMARTS) is 3. The highest BCUT2D eigenvalue weighted by Crippen LogP contribution is 2.11. The van der Waals surface area contributed by atoms with Crippen LogP contribution >= 0.6 is 0 Å². The molecule has 0 atom stereocenters. The van der Waals surface area contributed by atoms with E-state index < -0.39 is 49.8 Å². The van der Waals surface area contributed by atoms with Crippen LogP contribution < -0.4 is 0 Å². The Hall–Kier alpha value is -2.57. The van der Waals surface area contributed by atoms with Crippen LogP contribution in [-0.4, -0.2) is 93.3 Å². The average molecular weight is 455 g/mol. The van der Waals surface area contributed by atoms with Crippen LogP contribution in [0, 0.1) is 5.41 Å². The molecule has 0 unspecified atom stereocenters. The fourth-order valence-corrected chi connectivity index (χ4v) is 0.691. The van der Waals surface area contributed by atoms with Gasteiger partial charge in [0.25, 0.3) is 0 Å². The number of aliphatic hydroxyl groups is 4. The van der Waals surface area contributed by atoms with Crippen LogP contribution in [0.2, 0.25) is 0 Å². The minimum absolute atomic E-state index is 0.406. The molecule has 31 heavy (non-hydrogen) atoms. The molecule has 184 valence electrons. The Kier molecular flexibility index (Phi) is 40.4. The Balaban J connectivity index is -0.0000000932. The fourth-order valence-electron chi connectivity index (χ4n) is 0.691. The van der Waals surface area contributed by atoms with Gasteiger partial charge in [-0.2, -0.15) is 0 Å². The van der Waals surface area contributed by atoms with Crippen LogP contribution in [0.4, 0.5) is 0 Å². The van der Waals surface area contributed by atoms with E-state index >= 15 is 0 Å². The van der Waals surface area contributed by atoms with Crippen molar-refractivity contribution in [3.63, 3.8) is 0 Å². The summed E-state index contributed by atoms with van der Waals surface area (Å²) in [7, 11) is 0. The first-order valence-corrected chi connectivity index (χ1v) is 9.04. The Morgan fingerprint density at radius 2 is 0.871 bits per heavy atom. The highest BCUT2D eigenvalue weighted by atomic mass is 16.5. The first-order chi connectivity index (χ1) is 14.5. The summed E-state index contributed by atoms with van der Waals surface area (Å²) in [6, 6.07) is 0. The minimum atomic E-state index is -1.11. The van der Waals surface area contributed by atoms with Gasteiger partial charge >= 0.3 is 17.9 Å². The Labute approximate surface area is 183 Å². The van der Waals surface area contributed by atoms with Crippen LogP contribution in [0.5, 0.6) is 0 Å². The summed E-state index contributed by atoms with van der Waals surface area (Å²) in [5.41, 5.74) is -1.11. The molecule has 11 heteroatoms. The maximum atomic E-state index is 9.25. The lowest BCUT2D eigenvalue weighted by Crippen LogP contribution is -2.37. The molecule has 0 amide bonds. The summed E-state index contributed by atoms with van der Waals surface area (Å²) < 4.78 is 5.13. The number of aliphatic carboxylic acids is 3.